The molecule has 0 atom stereocenters. The van der Waals surface area contributed by atoms with E-state index in [4.69, 9.17) is 17.0 Å². The molecule has 0 unspecified atom stereocenters. The molecular weight excluding hydrogens is 386 g/mol. The van der Waals surface area contributed by atoms with Gasteiger partial charge < -0.3 is 4.74 Å². The largest absolute Gasteiger partial charge is 0.484 e. The molecule has 2 aromatic rings. The first-order valence-corrected chi connectivity index (χ1v) is 9.81. The first-order chi connectivity index (χ1) is 13.7. The molecule has 6 nitrogen and oxygen atoms in total. The average Bonchev–Trinajstić information content (AvgIpc) is 2.69. The molecule has 0 aliphatic heterocycles. The lowest BCUT2D eigenvalue weighted by molar-refractivity contribution is -0.123. The van der Waals surface area contributed by atoms with E-state index in [9.17, 15) is 9.59 Å². The Labute approximate surface area is 177 Å². The molecule has 0 bridgehead atoms. The number of benzene rings is 2. The number of aryl methyl sites for hydroxylation is 1. The SMILES string of the molecule is CC(C)(C)c1ccc(OCC(=O)NC(=S)NNC(=O)CCc2ccccc2)cc1. The number of hydrogen-bond donors (Lipinski definition) is 3. The van der Waals surface area contributed by atoms with Gasteiger partial charge in [0, 0.05) is 6.42 Å². The fourth-order valence-corrected chi connectivity index (χ4v) is 2.65. The molecule has 0 aliphatic rings. The van der Waals surface area contributed by atoms with Gasteiger partial charge in [0.15, 0.2) is 11.7 Å². The Kier molecular flexibility index (Phi) is 8.15. The van der Waals surface area contributed by atoms with Gasteiger partial charge in [-0.2, -0.15) is 0 Å². The van der Waals surface area contributed by atoms with Crippen molar-refractivity contribution in [1.29, 1.82) is 0 Å². The fraction of sp³-hybridized carbons (Fsp3) is 0.318. The van der Waals surface area contributed by atoms with E-state index < -0.39 is 5.91 Å². The molecular formula is C22H27N3O3S. The normalized spacial score (nSPS) is 10.7. The molecule has 0 radical (unpaired) electrons. The maximum absolute atomic E-state index is 11.9. The Balaban J connectivity index is 1.65. The summed E-state index contributed by atoms with van der Waals surface area (Å²) in [5.74, 6) is -0.0391. The van der Waals surface area contributed by atoms with Crippen molar-refractivity contribution in [1.82, 2.24) is 16.2 Å². The van der Waals surface area contributed by atoms with Crippen molar-refractivity contribution >= 4 is 29.1 Å². The van der Waals surface area contributed by atoms with Gasteiger partial charge in [0.05, 0.1) is 0 Å². The standard InChI is InChI=1S/C22H27N3O3S/c1-22(2,3)17-10-12-18(13-11-17)28-15-20(27)23-21(29)25-24-19(26)14-9-16-7-5-4-6-8-16/h4-8,10-13H,9,14-15H2,1-3H3,(H,24,26)(H2,23,25,27,29). The highest BCUT2D eigenvalue weighted by Crippen LogP contribution is 2.24. The molecule has 3 N–H and O–H groups in total. The number of thiocarbonyl (C=S) groups is 1. The van der Waals surface area contributed by atoms with Gasteiger partial charge in [-0.25, -0.2) is 0 Å². The van der Waals surface area contributed by atoms with E-state index in [2.05, 4.69) is 36.9 Å². The smallest absolute Gasteiger partial charge is 0.264 e. The molecule has 0 spiro atoms. The maximum atomic E-state index is 11.9. The van der Waals surface area contributed by atoms with Crippen molar-refractivity contribution in [2.24, 2.45) is 0 Å². The number of carbonyl (C=O) groups is 2. The van der Waals surface area contributed by atoms with Gasteiger partial charge in [0.2, 0.25) is 5.91 Å². The van der Waals surface area contributed by atoms with E-state index in [0.717, 1.165) is 5.56 Å². The van der Waals surface area contributed by atoms with Crippen LogP contribution in [0.1, 0.15) is 38.3 Å². The van der Waals surface area contributed by atoms with Crippen LogP contribution in [0, 0.1) is 0 Å². The molecule has 0 heterocycles. The summed E-state index contributed by atoms with van der Waals surface area (Å²) >= 11 is 5.00. The number of hydrogen-bond acceptors (Lipinski definition) is 4. The van der Waals surface area contributed by atoms with Crippen LogP contribution in [-0.2, 0) is 21.4 Å². The van der Waals surface area contributed by atoms with Gasteiger partial charge in [-0.15, -0.1) is 0 Å². The van der Waals surface area contributed by atoms with Crippen molar-refractivity contribution in [3.05, 3.63) is 65.7 Å². The Hall–Kier alpha value is -2.93. The van der Waals surface area contributed by atoms with E-state index in [1.54, 1.807) is 0 Å². The Morgan fingerprint density at radius 3 is 2.21 bits per heavy atom. The number of nitrogens with one attached hydrogen (secondary N) is 3. The summed E-state index contributed by atoms with van der Waals surface area (Å²) in [6, 6.07) is 17.3. The minimum atomic E-state index is -0.416. The van der Waals surface area contributed by atoms with Crippen molar-refractivity contribution in [3.63, 3.8) is 0 Å². The number of carbonyl (C=O) groups excluding carboxylic acids is 2. The molecule has 29 heavy (non-hydrogen) atoms. The maximum Gasteiger partial charge on any atom is 0.264 e. The van der Waals surface area contributed by atoms with Gasteiger partial charge in [0.1, 0.15) is 5.75 Å². The highest BCUT2D eigenvalue weighted by molar-refractivity contribution is 7.80. The summed E-state index contributed by atoms with van der Waals surface area (Å²) in [5.41, 5.74) is 7.30. The second kappa shape index (κ2) is 10.6. The molecule has 2 amide bonds. The number of rotatable bonds is 6. The summed E-state index contributed by atoms with van der Waals surface area (Å²) in [6.07, 6.45) is 0.927. The third kappa shape index (κ3) is 8.31. The minimum absolute atomic E-state index is 0.00902. The van der Waals surface area contributed by atoms with E-state index >= 15 is 0 Å². The molecule has 154 valence electrons. The molecule has 2 aromatic carbocycles. The number of ether oxygens (including phenoxy) is 1. The van der Waals surface area contributed by atoms with Gasteiger partial charge in [-0.05, 0) is 47.3 Å². The first-order valence-electron chi connectivity index (χ1n) is 9.40. The second-order valence-corrected chi connectivity index (χ2v) is 8.01. The highest BCUT2D eigenvalue weighted by Gasteiger charge is 2.13. The van der Waals surface area contributed by atoms with Crippen molar-refractivity contribution in [2.75, 3.05) is 6.61 Å². The van der Waals surface area contributed by atoms with E-state index in [1.807, 2.05) is 54.6 Å². The van der Waals surface area contributed by atoms with Crippen LogP contribution in [0.3, 0.4) is 0 Å². The van der Waals surface area contributed by atoms with E-state index in [-0.39, 0.29) is 23.0 Å². The van der Waals surface area contributed by atoms with Crippen molar-refractivity contribution < 1.29 is 14.3 Å². The third-order valence-electron chi connectivity index (χ3n) is 4.14. The number of hydrazine groups is 1. The molecule has 0 aromatic heterocycles. The lowest BCUT2D eigenvalue weighted by atomic mass is 9.87. The molecule has 7 heteroatoms. The lowest BCUT2D eigenvalue weighted by Crippen LogP contribution is -2.49. The molecule has 0 fully saturated rings. The van der Waals surface area contributed by atoms with Crippen LogP contribution in [0.15, 0.2) is 54.6 Å². The Bertz CT molecular complexity index is 831. The average molecular weight is 414 g/mol. The van der Waals surface area contributed by atoms with Crippen molar-refractivity contribution in [3.8, 4) is 5.75 Å². The first kappa shape index (κ1) is 22.4. The van der Waals surface area contributed by atoms with Crippen LogP contribution in [0.5, 0.6) is 5.75 Å². The topological polar surface area (TPSA) is 79.5 Å². The van der Waals surface area contributed by atoms with Crippen molar-refractivity contribution in [2.45, 2.75) is 39.0 Å². The van der Waals surface area contributed by atoms with E-state index in [1.165, 1.54) is 5.56 Å². The third-order valence-corrected chi connectivity index (χ3v) is 4.35. The van der Waals surface area contributed by atoms with Crippen LogP contribution in [0.25, 0.3) is 0 Å². The van der Waals surface area contributed by atoms with Gasteiger partial charge >= 0.3 is 0 Å². The van der Waals surface area contributed by atoms with Crippen LogP contribution >= 0.6 is 12.2 Å². The van der Waals surface area contributed by atoms with Gasteiger partial charge in [0.25, 0.3) is 5.91 Å². The second-order valence-electron chi connectivity index (χ2n) is 7.60. The van der Waals surface area contributed by atoms with Crippen LogP contribution in [0.2, 0.25) is 0 Å². The number of amides is 2. The van der Waals surface area contributed by atoms with Gasteiger partial charge in [-0.1, -0.05) is 63.2 Å². The summed E-state index contributed by atoms with van der Waals surface area (Å²) in [7, 11) is 0. The molecule has 0 aliphatic carbocycles. The zero-order valence-electron chi connectivity index (χ0n) is 17.0. The quantitative estimate of drug-likeness (QED) is 0.501. The zero-order valence-corrected chi connectivity index (χ0v) is 17.8. The summed E-state index contributed by atoms with van der Waals surface area (Å²) in [6.45, 7) is 6.21. The van der Waals surface area contributed by atoms with Crippen LogP contribution in [0.4, 0.5) is 0 Å². The van der Waals surface area contributed by atoms with Crippen LogP contribution < -0.4 is 20.9 Å². The summed E-state index contributed by atoms with van der Waals surface area (Å²) in [4.78, 5) is 23.8. The summed E-state index contributed by atoms with van der Waals surface area (Å²) < 4.78 is 5.46. The van der Waals surface area contributed by atoms with Crippen LogP contribution in [-0.4, -0.2) is 23.5 Å². The fourth-order valence-electron chi connectivity index (χ4n) is 2.49. The van der Waals surface area contributed by atoms with Gasteiger partial charge in [-0.3, -0.25) is 25.8 Å². The minimum Gasteiger partial charge on any atom is -0.484 e. The predicted octanol–water partition coefficient (Wildman–Crippen LogP) is 3.02. The molecule has 0 saturated carbocycles. The Morgan fingerprint density at radius 1 is 0.931 bits per heavy atom. The predicted molar refractivity (Wildman–Crippen MR) is 117 cm³/mol. The van der Waals surface area contributed by atoms with E-state index in [0.29, 0.717) is 18.6 Å². The highest BCUT2D eigenvalue weighted by atomic mass is 32.1. The summed E-state index contributed by atoms with van der Waals surface area (Å²) in [5, 5.41) is 2.47. The Morgan fingerprint density at radius 2 is 1.59 bits per heavy atom. The molecule has 2 rings (SSSR count). The monoisotopic (exact) mass is 413 g/mol. The lowest BCUT2D eigenvalue weighted by Gasteiger charge is -2.19. The zero-order chi connectivity index (χ0) is 21.3. The molecule has 0 saturated heterocycles.